The first-order valence-electron chi connectivity index (χ1n) is 11.6. The monoisotopic (exact) mass is 565 g/mol. The van der Waals surface area contributed by atoms with E-state index < -0.39 is 17.1 Å². The van der Waals surface area contributed by atoms with E-state index in [1.54, 1.807) is 49.4 Å². The number of benzene rings is 3. The van der Waals surface area contributed by atoms with Crippen LogP contribution in [-0.2, 0) is 20.7 Å². The number of anilines is 2. The topological polar surface area (TPSA) is 99.5 Å². The quantitative estimate of drug-likeness (QED) is 0.207. The highest BCUT2D eigenvalue weighted by Gasteiger charge is 2.41. The molecule has 0 aromatic heterocycles. The van der Waals surface area contributed by atoms with Crippen molar-refractivity contribution in [2.75, 3.05) is 16.8 Å². The van der Waals surface area contributed by atoms with Crippen LogP contribution in [0.5, 0.6) is 0 Å². The molecule has 1 aliphatic heterocycles. The van der Waals surface area contributed by atoms with Crippen molar-refractivity contribution >= 4 is 64.1 Å². The fraction of sp³-hybridized carbons (Fsp3) is 0.143. The van der Waals surface area contributed by atoms with Crippen molar-refractivity contribution in [3.05, 3.63) is 105 Å². The van der Waals surface area contributed by atoms with E-state index in [1.165, 1.54) is 29.2 Å². The zero-order valence-electron chi connectivity index (χ0n) is 20.1. The number of nitriles is 1. The minimum atomic E-state index is -0.686. The van der Waals surface area contributed by atoms with E-state index in [1.807, 2.05) is 12.1 Å². The Morgan fingerprint density at radius 3 is 2.42 bits per heavy atom. The molecule has 1 fully saturated rings. The summed E-state index contributed by atoms with van der Waals surface area (Å²) in [5.41, 5.74) is 1.70. The van der Waals surface area contributed by atoms with Crippen molar-refractivity contribution in [2.24, 2.45) is 0 Å². The van der Waals surface area contributed by atoms with Crippen molar-refractivity contribution in [3.63, 3.8) is 0 Å². The van der Waals surface area contributed by atoms with Crippen LogP contribution in [-0.4, -0.2) is 29.6 Å². The molecule has 4 rings (SSSR count). The van der Waals surface area contributed by atoms with Crippen LogP contribution in [0.15, 0.2) is 83.4 Å². The molecular weight excluding hydrogens is 545 g/mol. The Labute approximate surface area is 234 Å². The summed E-state index contributed by atoms with van der Waals surface area (Å²) >= 11 is 13.6. The average Bonchev–Trinajstić information content (AvgIpc) is 3.23. The van der Waals surface area contributed by atoms with Gasteiger partial charge in [-0.15, -0.1) is 0 Å². The Morgan fingerprint density at radius 1 is 1.05 bits per heavy atom. The Kier molecular flexibility index (Phi) is 8.74. The first-order valence-corrected chi connectivity index (χ1v) is 13.2. The average molecular weight is 566 g/mol. The third kappa shape index (κ3) is 5.86. The summed E-state index contributed by atoms with van der Waals surface area (Å²) in [7, 11) is 0. The second-order valence-corrected chi connectivity index (χ2v) is 10.1. The number of thioether (sulfide) groups is 1. The number of amides is 2. The molecule has 7 nitrogen and oxygen atoms in total. The van der Waals surface area contributed by atoms with Gasteiger partial charge < -0.3 is 10.1 Å². The molecule has 1 heterocycles. The normalized spacial score (nSPS) is 16.1. The lowest BCUT2D eigenvalue weighted by Crippen LogP contribution is -2.31. The molecule has 3 aromatic carbocycles. The fourth-order valence-corrected chi connectivity index (χ4v) is 5.50. The van der Waals surface area contributed by atoms with Gasteiger partial charge in [0.25, 0.3) is 5.91 Å². The van der Waals surface area contributed by atoms with E-state index >= 15 is 0 Å². The molecule has 0 bridgehead atoms. The molecule has 0 unspecified atom stereocenters. The number of hydrogen-bond donors (Lipinski definition) is 1. The highest BCUT2D eigenvalue weighted by Crippen LogP contribution is 2.43. The van der Waals surface area contributed by atoms with Crippen molar-refractivity contribution in [1.82, 2.24) is 0 Å². The molecule has 2 amide bonds. The van der Waals surface area contributed by atoms with Gasteiger partial charge >= 0.3 is 5.97 Å². The lowest BCUT2D eigenvalue weighted by Gasteiger charge is -2.18. The van der Waals surface area contributed by atoms with Gasteiger partial charge in [-0.1, -0.05) is 65.3 Å². The molecule has 1 saturated heterocycles. The van der Waals surface area contributed by atoms with Gasteiger partial charge in [0.15, 0.2) is 0 Å². The summed E-state index contributed by atoms with van der Waals surface area (Å²) in [5.74, 6) is -1.45. The van der Waals surface area contributed by atoms with Gasteiger partial charge in [0.2, 0.25) is 5.91 Å². The van der Waals surface area contributed by atoms with Gasteiger partial charge in [-0.3, -0.25) is 14.5 Å². The first kappa shape index (κ1) is 27.3. The molecule has 1 N–H and O–H groups in total. The lowest BCUT2D eigenvalue weighted by molar-refractivity contribution is -0.117. The van der Waals surface area contributed by atoms with E-state index in [0.29, 0.717) is 32.5 Å². The standard InChI is InChI=1S/C28H21Cl2N3O4S/c1-2-37-28(36)17-11-13-19(14-12-17)32-25(34)21(16-31)27-33(20-8-4-3-5-9-20)26(35)23(38-27)15-18-7-6-10-22(29)24(18)30/h3-14,23H,2,15H2,1H3,(H,32,34)/b27-21-/t23-/m1/s1. The summed E-state index contributed by atoms with van der Waals surface area (Å²) < 4.78 is 4.97. The number of para-hydroxylation sites is 1. The van der Waals surface area contributed by atoms with Crippen LogP contribution in [0.3, 0.4) is 0 Å². The molecule has 0 aliphatic carbocycles. The summed E-state index contributed by atoms with van der Waals surface area (Å²) in [6, 6.07) is 22.1. The second kappa shape index (κ2) is 12.2. The summed E-state index contributed by atoms with van der Waals surface area (Å²) in [6.07, 6.45) is 0.255. The fourth-order valence-electron chi connectivity index (χ4n) is 3.80. The molecule has 192 valence electrons. The maximum atomic E-state index is 13.6. The first-order chi connectivity index (χ1) is 18.3. The Hall–Kier alpha value is -3.77. The molecule has 0 spiro atoms. The number of halogens is 2. The number of nitrogens with one attached hydrogen (secondary N) is 1. The highest BCUT2D eigenvalue weighted by molar-refractivity contribution is 8.05. The maximum Gasteiger partial charge on any atom is 0.338 e. The second-order valence-electron chi connectivity index (χ2n) is 8.08. The Balaban J connectivity index is 1.66. The number of ether oxygens (including phenoxy) is 1. The summed E-state index contributed by atoms with van der Waals surface area (Å²) in [4.78, 5) is 40.1. The smallest absolute Gasteiger partial charge is 0.338 e. The molecular formula is C28H21Cl2N3O4S. The minimum absolute atomic E-state index is 0.215. The van der Waals surface area contributed by atoms with Crippen LogP contribution in [0, 0.1) is 11.3 Å². The van der Waals surface area contributed by atoms with Crippen molar-refractivity contribution < 1.29 is 19.1 Å². The van der Waals surface area contributed by atoms with E-state index in [-0.39, 0.29) is 29.5 Å². The van der Waals surface area contributed by atoms with Gasteiger partial charge in [-0.2, -0.15) is 5.26 Å². The van der Waals surface area contributed by atoms with Gasteiger partial charge in [0.05, 0.1) is 27.5 Å². The lowest BCUT2D eigenvalue weighted by atomic mass is 10.1. The Morgan fingerprint density at radius 2 is 1.76 bits per heavy atom. The number of carbonyl (C=O) groups is 3. The zero-order valence-corrected chi connectivity index (χ0v) is 22.4. The largest absolute Gasteiger partial charge is 0.462 e. The van der Waals surface area contributed by atoms with E-state index in [9.17, 15) is 19.6 Å². The number of nitrogens with zero attached hydrogens (tertiary/aromatic N) is 2. The van der Waals surface area contributed by atoms with Crippen LogP contribution >= 0.6 is 35.0 Å². The molecule has 0 saturated carbocycles. The van der Waals surface area contributed by atoms with E-state index in [0.717, 1.165) is 11.8 Å². The van der Waals surface area contributed by atoms with Crippen LogP contribution in [0.4, 0.5) is 11.4 Å². The van der Waals surface area contributed by atoms with E-state index in [2.05, 4.69) is 5.32 Å². The van der Waals surface area contributed by atoms with Gasteiger partial charge in [-0.25, -0.2) is 4.79 Å². The number of hydrogen-bond acceptors (Lipinski definition) is 6. The zero-order chi connectivity index (χ0) is 27.2. The number of esters is 1. The molecule has 38 heavy (non-hydrogen) atoms. The van der Waals surface area contributed by atoms with Crippen LogP contribution in [0.25, 0.3) is 0 Å². The summed E-state index contributed by atoms with van der Waals surface area (Å²) in [6.45, 7) is 1.96. The number of rotatable bonds is 7. The highest BCUT2D eigenvalue weighted by atomic mass is 35.5. The molecule has 3 aromatic rings. The van der Waals surface area contributed by atoms with Crippen molar-refractivity contribution in [2.45, 2.75) is 18.6 Å². The van der Waals surface area contributed by atoms with Crippen LogP contribution in [0.2, 0.25) is 10.0 Å². The van der Waals surface area contributed by atoms with Crippen LogP contribution in [0.1, 0.15) is 22.8 Å². The van der Waals surface area contributed by atoms with Gasteiger partial charge in [-0.05, 0) is 61.4 Å². The minimum Gasteiger partial charge on any atom is -0.462 e. The molecule has 0 radical (unpaired) electrons. The Bertz CT molecular complexity index is 1450. The molecule has 1 atom stereocenters. The van der Waals surface area contributed by atoms with Crippen molar-refractivity contribution in [3.8, 4) is 6.07 Å². The van der Waals surface area contributed by atoms with Gasteiger partial charge in [0, 0.05) is 11.4 Å². The number of carbonyl (C=O) groups excluding carboxylic acids is 3. The van der Waals surface area contributed by atoms with Crippen molar-refractivity contribution in [1.29, 1.82) is 5.26 Å². The SMILES string of the molecule is CCOC(=O)c1ccc(NC(=O)/C(C#N)=C2\S[C@H](Cc3cccc(Cl)c3Cl)C(=O)N2c2ccccc2)cc1. The maximum absolute atomic E-state index is 13.6. The van der Waals surface area contributed by atoms with E-state index in [4.69, 9.17) is 27.9 Å². The predicted octanol–water partition coefficient (Wildman–Crippen LogP) is 6.24. The third-order valence-corrected chi connectivity index (χ3v) is 7.73. The molecule has 10 heteroatoms. The van der Waals surface area contributed by atoms with Crippen LogP contribution < -0.4 is 10.2 Å². The predicted molar refractivity (Wildman–Crippen MR) is 149 cm³/mol. The summed E-state index contributed by atoms with van der Waals surface area (Å²) in [5, 5.41) is 13.0. The molecule has 1 aliphatic rings. The van der Waals surface area contributed by atoms with Gasteiger partial charge in [0.1, 0.15) is 16.7 Å². The third-order valence-electron chi connectivity index (χ3n) is 5.61.